The molecule has 0 heterocycles. The first kappa shape index (κ1) is 57.0. The Hall–Kier alpha value is -3.28. The third kappa shape index (κ3) is 26.3. The lowest BCUT2D eigenvalue weighted by Crippen LogP contribution is -2.03. The van der Waals surface area contributed by atoms with E-state index in [4.69, 9.17) is 18.9 Å². The smallest absolute Gasteiger partial charge is 0.305 e. The van der Waals surface area contributed by atoms with Gasteiger partial charge in [-0.05, 0) is 43.7 Å². The van der Waals surface area contributed by atoms with Crippen LogP contribution in [0.25, 0.3) is 21.5 Å². The predicted molar refractivity (Wildman–Crippen MR) is 281 cm³/mol. The summed E-state index contributed by atoms with van der Waals surface area (Å²) in [6.45, 7) is 3.76. The number of ether oxygens (including phenoxy) is 4. The fourth-order valence-electron chi connectivity index (χ4n) is 9.63. The molecule has 0 aliphatic rings. The SMILES string of the molecule is CCc1ccc2c(OCCCCCCCCCCCCCCCCCCCCC(=O)OC)c3ccccc3c(OCCCCCCCCCCCCCCCCCCCCC(=O)OC)c2c1. The van der Waals surface area contributed by atoms with Gasteiger partial charge in [0.25, 0.3) is 0 Å². The fraction of sp³-hybridized carbons (Fsp3) is 0.733. The van der Waals surface area contributed by atoms with E-state index in [-0.39, 0.29) is 11.9 Å². The molecule has 0 amide bonds. The third-order valence-electron chi connectivity index (χ3n) is 13.9. The second-order valence-electron chi connectivity index (χ2n) is 19.5. The van der Waals surface area contributed by atoms with Crippen LogP contribution in [0, 0.1) is 0 Å². The van der Waals surface area contributed by atoms with Crippen molar-refractivity contribution in [3.8, 4) is 11.5 Å². The predicted octanol–water partition coefficient (Wildman–Crippen LogP) is 18.5. The van der Waals surface area contributed by atoms with Crippen LogP contribution < -0.4 is 9.47 Å². The summed E-state index contributed by atoms with van der Waals surface area (Å²) in [5.74, 6) is 1.90. The van der Waals surface area contributed by atoms with Crippen molar-refractivity contribution >= 4 is 33.5 Å². The van der Waals surface area contributed by atoms with Gasteiger partial charge >= 0.3 is 11.9 Å². The van der Waals surface area contributed by atoms with Crippen LogP contribution in [0.15, 0.2) is 42.5 Å². The lowest BCUT2D eigenvalue weighted by molar-refractivity contribution is -0.141. The van der Waals surface area contributed by atoms with Gasteiger partial charge in [-0.3, -0.25) is 9.59 Å². The lowest BCUT2D eigenvalue weighted by atomic mass is 9.98. The van der Waals surface area contributed by atoms with E-state index in [0.717, 1.165) is 69.7 Å². The number of methoxy groups -OCH3 is 2. The molecule has 0 saturated carbocycles. The Morgan fingerprint density at radius 3 is 0.924 bits per heavy atom. The molecule has 3 aromatic carbocycles. The maximum absolute atomic E-state index is 11.2. The quantitative estimate of drug-likeness (QED) is 0.0320. The molecule has 0 aliphatic carbocycles. The first-order valence-electron chi connectivity index (χ1n) is 28.0. The summed E-state index contributed by atoms with van der Waals surface area (Å²) in [6.07, 6.45) is 49.1. The number of rotatable bonds is 45. The molecule has 0 radical (unpaired) electrons. The average Bonchev–Trinajstić information content (AvgIpc) is 3.34. The van der Waals surface area contributed by atoms with Crippen LogP contribution in [0.2, 0.25) is 0 Å². The van der Waals surface area contributed by atoms with Gasteiger partial charge in [0.05, 0.1) is 27.4 Å². The summed E-state index contributed by atoms with van der Waals surface area (Å²) < 4.78 is 22.8. The van der Waals surface area contributed by atoms with E-state index in [1.165, 1.54) is 234 Å². The molecule has 0 saturated heterocycles. The Kier molecular flexibility index (Phi) is 34.3. The maximum atomic E-state index is 11.2. The van der Waals surface area contributed by atoms with Crippen molar-refractivity contribution < 1.29 is 28.5 Å². The monoisotopic (exact) mass is 915 g/mol. The fourth-order valence-corrected chi connectivity index (χ4v) is 9.63. The Morgan fingerprint density at radius 1 is 0.348 bits per heavy atom. The third-order valence-corrected chi connectivity index (χ3v) is 13.9. The Bertz CT molecular complexity index is 1650. The van der Waals surface area contributed by atoms with Crippen molar-refractivity contribution in [2.24, 2.45) is 0 Å². The summed E-state index contributed by atoms with van der Waals surface area (Å²) in [6, 6.07) is 15.6. The number of hydrogen-bond donors (Lipinski definition) is 0. The van der Waals surface area contributed by atoms with Crippen molar-refractivity contribution in [3.05, 3.63) is 48.0 Å². The molecule has 0 spiro atoms. The molecule has 374 valence electrons. The van der Waals surface area contributed by atoms with Crippen LogP contribution in [0.1, 0.15) is 256 Å². The minimum Gasteiger partial charge on any atom is -0.492 e. The molecule has 0 aliphatic heterocycles. The molecule has 0 N–H and O–H groups in total. The molecule has 0 unspecified atom stereocenters. The van der Waals surface area contributed by atoms with Gasteiger partial charge in [0.2, 0.25) is 0 Å². The van der Waals surface area contributed by atoms with E-state index < -0.39 is 0 Å². The van der Waals surface area contributed by atoms with Gasteiger partial charge in [0.1, 0.15) is 11.5 Å². The zero-order valence-corrected chi connectivity index (χ0v) is 43.0. The topological polar surface area (TPSA) is 71.1 Å². The van der Waals surface area contributed by atoms with Gasteiger partial charge in [-0.2, -0.15) is 0 Å². The normalized spacial score (nSPS) is 11.4. The van der Waals surface area contributed by atoms with E-state index in [2.05, 4.69) is 49.4 Å². The highest BCUT2D eigenvalue weighted by Gasteiger charge is 2.17. The molecule has 0 bridgehead atoms. The van der Waals surface area contributed by atoms with Crippen LogP contribution in [-0.4, -0.2) is 39.4 Å². The number of fused-ring (bicyclic) bond motifs is 2. The molecule has 0 fully saturated rings. The molecule has 3 rings (SSSR count). The van der Waals surface area contributed by atoms with Crippen molar-refractivity contribution in [1.29, 1.82) is 0 Å². The van der Waals surface area contributed by atoms with Gasteiger partial charge in [-0.1, -0.05) is 249 Å². The minimum absolute atomic E-state index is 0.0728. The first-order valence-corrected chi connectivity index (χ1v) is 28.0. The average molecular weight is 915 g/mol. The van der Waals surface area contributed by atoms with Crippen molar-refractivity contribution in [2.45, 2.75) is 257 Å². The van der Waals surface area contributed by atoms with Crippen LogP contribution in [0.4, 0.5) is 0 Å². The van der Waals surface area contributed by atoms with Gasteiger partial charge in [-0.25, -0.2) is 0 Å². The molecule has 3 aromatic rings. The minimum atomic E-state index is -0.0728. The molecular formula is C60H98O6. The maximum Gasteiger partial charge on any atom is 0.305 e. The van der Waals surface area contributed by atoms with E-state index in [1.807, 2.05) is 0 Å². The van der Waals surface area contributed by atoms with Crippen LogP contribution in [0.3, 0.4) is 0 Å². The highest BCUT2D eigenvalue weighted by Crippen LogP contribution is 2.43. The van der Waals surface area contributed by atoms with Crippen LogP contribution in [-0.2, 0) is 25.5 Å². The Morgan fingerprint density at radius 2 is 0.621 bits per heavy atom. The molecule has 6 nitrogen and oxygen atoms in total. The van der Waals surface area contributed by atoms with Crippen molar-refractivity contribution in [1.82, 2.24) is 0 Å². The number of aryl methyl sites for hydroxylation is 1. The zero-order chi connectivity index (χ0) is 47.0. The van der Waals surface area contributed by atoms with E-state index in [0.29, 0.717) is 12.8 Å². The summed E-state index contributed by atoms with van der Waals surface area (Å²) in [5, 5.41) is 4.71. The molecular weight excluding hydrogens is 817 g/mol. The zero-order valence-electron chi connectivity index (χ0n) is 43.0. The summed E-state index contributed by atoms with van der Waals surface area (Å²) in [4.78, 5) is 22.4. The molecule has 0 aromatic heterocycles. The van der Waals surface area contributed by atoms with Crippen molar-refractivity contribution in [2.75, 3.05) is 27.4 Å². The van der Waals surface area contributed by atoms with Gasteiger partial charge in [-0.15, -0.1) is 0 Å². The van der Waals surface area contributed by atoms with E-state index in [9.17, 15) is 9.59 Å². The molecule has 0 atom stereocenters. The number of esters is 2. The highest BCUT2D eigenvalue weighted by atomic mass is 16.5. The van der Waals surface area contributed by atoms with E-state index in [1.54, 1.807) is 0 Å². The van der Waals surface area contributed by atoms with Crippen LogP contribution in [0.5, 0.6) is 11.5 Å². The standard InChI is InChI=1S/C60H98O6/c1-4-52-47-48-55-56(51-52)60(66-50-42-36-32-28-24-20-16-12-8-6-10-14-18-22-26-30-34-38-46-58(62)64-3)54-44-40-39-43-53(54)59(55)65-49-41-35-31-27-23-19-15-11-7-5-9-13-17-21-25-29-33-37-45-57(61)63-2/h39-40,43-44,47-48,51H,4-38,41-42,45-46,49-50H2,1-3H3. The number of carbonyl (C=O) groups is 2. The summed E-state index contributed by atoms with van der Waals surface area (Å²) in [7, 11) is 2.95. The number of benzene rings is 3. The van der Waals surface area contributed by atoms with Gasteiger partial charge in [0, 0.05) is 34.4 Å². The van der Waals surface area contributed by atoms with Gasteiger partial charge in [0.15, 0.2) is 0 Å². The Balaban J connectivity index is 1.21. The number of carbonyl (C=O) groups excluding carboxylic acids is 2. The lowest BCUT2D eigenvalue weighted by Gasteiger charge is -2.18. The highest BCUT2D eigenvalue weighted by molar-refractivity contribution is 6.11. The van der Waals surface area contributed by atoms with Crippen molar-refractivity contribution in [3.63, 3.8) is 0 Å². The van der Waals surface area contributed by atoms with Crippen LogP contribution >= 0.6 is 0 Å². The van der Waals surface area contributed by atoms with Gasteiger partial charge < -0.3 is 18.9 Å². The first-order chi connectivity index (χ1) is 32.6. The molecule has 66 heavy (non-hydrogen) atoms. The second kappa shape index (κ2) is 39.7. The molecule has 6 heteroatoms. The number of unbranched alkanes of at least 4 members (excludes halogenated alkanes) is 34. The largest absolute Gasteiger partial charge is 0.492 e. The summed E-state index contributed by atoms with van der Waals surface area (Å²) >= 11 is 0. The Labute approximate surface area is 404 Å². The van der Waals surface area contributed by atoms with E-state index >= 15 is 0 Å². The second-order valence-corrected chi connectivity index (χ2v) is 19.5. The number of hydrogen-bond acceptors (Lipinski definition) is 6. The summed E-state index contributed by atoms with van der Waals surface area (Å²) in [5.41, 5.74) is 1.34.